The van der Waals surface area contributed by atoms with Gasteiger partial charge in [0.2, 0.25) is 0 Å². The number of nitriles is 1. The molecule has 1 N–H and O–H groups in total. The second-order valence-corrected chi connectivity index (χ2v) is 9.50. The molecule has 0 radical (unpaired) electrons. The van der Waals surface area contributed by atoms with E-state index in [1.165, 1.54) is 22.1 Å². The third kappa shape index (κ3) is 4.30. The number of thiophene rings is 1. The van der Waals surface area contributed by atoms with Crippen molar-refractivity contribution in [3.63, 3.8) is 0 Å². The lowest BCUT2D eigenvalue weighted by Gasteiger charge is -2.09. The normalized spacial score (nSPS) is 10.8. The molecular formula is C26H13Cl2N5O3S. The lowest BCUT2D eigenvalue weighted by atomic mass is 10.00. The minimum atomic E-state index is -1.05. The number of benzene rings is 1. The number of carboxylic acids is 1. The van der Waals surface area contributed by atoms with Crippen LogP contribution in [0.3, 0.4) is 0 Å². The average Bonchev–Trinajstić information content (AvgIpc) is 3.32. The molecule has 5 aromatic rings. The molecule has 11 heteroatoms. The van der Waals surface area contributed by atoms with E-state index in [9.17, 15) is 20.0 Å². The summed E-state index contributed by atoms with van der Waals surface area (Å²) < 4.78 is 2.07. The second-order valence-electron chi connectivity index (χ2n) is 7.83. The van der Waals surface area contributed by atoms with Crippen molar-refractivity contribution in [1.82, 2.24) is 19.5 Å². The quantitative estimate of drug-likeness (QED) is 0.241. The molecule has 1 aromatic carbocycles. The van der Waals surface area contributed by atoms with Gasteiger partial charge in [0, 0.05) is 33.3 Å². The molecule has 0 unspecified atom stereocenters. The molecule has 5 rings (SSSR count). The highest BCUT2D eigenvalue weighted by atomic mass is 35.5. The van der Waals surface area contributed by atoms with Gasteiger partial charge in [0.05, 0.1) is 39.4 Å². The molecule has 0 aliphatic rings. The van der Waals surface area contributed by atoms with Crippen LogP contribution in [0.15, 0.2) is 46.8 Å². The first-order valence-corrected chi connectivity index (χ1v) is 12.3. The third-order valence-electron chi connectivity index (χ3n) is 5.67. The SMILES string of the molecule is Cc1nc2cnc(Cl)c(C#N)c2c(=O)n1CC#Cc1ccc(Cl)cc1-c1ccnc2c(C(=O)O)csc12. The zero-order valence-electron chi connectivity index (χ0n) is 18.9. The number of aromatic nitrogens is 4. The molecule has 0 saturated carbocycles. The lowest BCUT2D eigenvalue weighted by molar-refractivity contribution is 0.0699. The van der Waals surface area contributed by atoms with Crippen molar-refractivity contribution in [3.8, 4) is 29.0 Å². The van der Waals surface area contributed by atoms with E-state index in [0.29, 0.717) is 32.2 Å². The summed E-state index contributed by atoms with van der Waals surface area (Å²) in [5, 5.41) is 21.0. The maximum Gasteiger partial charge on any atom is 0.338 e. The van der Waals surface area contributed by atoms with Crippen molar-refractivity contribution in [3.05, 3.63) is 85.1 Å². The van der Waals surface area contributed by atoms with Crippen LogP contribution in [0.4, 0.5) is 0 Å². The van der Waals surface area contributed by atoms with Crippen LogP contribution in [-0.4, -0.2) is 30.6 Å². The van der Waals surface area contributed by atoms with E-state index in [0.717, 1.165) is 5.56 Å². The second kappa shape index (κ2) is 9.64. The Morgan fingerprint density at radius 1 is 1.22 bits per heavy atom. The Bertz CT molecular complexity index is 1930. The molecule has 4 aromatic heterocycles. The number of rotatable bonds is 3. The van der Waals surface area contributed by atoms with Gasteiger partial charge in [-0.1, -0.05) is 35.0 Å². The van der Waals surface area contributed by atoms with Crippen molar-refractivity contribution in [2.45, 2.75) is 13.5 Å². The lowest BCUT2D eigenvalue weighted by Crippen LogP contribution is -2.24. The number of fused-ring (bicyclic) bond motifs is 2. The molecule has 0 saturated heterocycles. The Labute approximate surface area is 223 Å². The van der Waals surface area contributed by atoms with Gasteiger partial charge < -0.3 is 5.11 Å². The molecule has 0 bridgehead atoms. The maximum atomic E-state index is 13.2. The molecular weight excluding hydrogens is 533 g/mol. The van der Waals surface area contributed by atoms with Gasteiger partial charge in [-0.25, -0.2) is 14.8 Å². The molecule has 180 valence electrons. The molecule has 0 fully saturated rings. The standard InChI is InChI=1S/C26H13Cl2N5O3S/c1-13-32-20-11-31-24(28)18(10-29)21(20)25(34)33(13)8-2-3-14-4-5-15(27)9-17(14)16-6-7-30-22-19(26(35)36)12-37-23(16)22/h4-7,9,11-12H,8H2,1H3,(H,35,36). The van der Waals surface area contributed by atoms with E-state index in [-0.39, 0.29) is 33.7 Å². The van der Waals surface area contributed by atoms with Crippen LogP contribution in [0.25, 0.3) is 32.2 Å². The number of carboxylic acid groups (broad SMARTS) is 1. The van der Waals surface area contributed by atoms with Gasteiger partial charge in [0.15, 0.2) is 0 Å². The summed E-state index contributed by atoms with van der Waals surface area (Å²) in [6.07, 6.45) is 2.91. The highest BCUT2D eigenvalue weighted by Gasteiger charge is 2.18. The first kappa shape index (κ1) is 24.4. The van der Waals surface area contributed by atoms with Crippen molar-refractivity contribution in [2.24, 2.45) is 0 Å². The van der Waals surface area contributed by atoms with Crippen molar-refractivity contribution >= 4 is 61.6 Å². The monoisotopic (exact) mass is 545 g/mol. The van der Waals surface area contributed by atoms with Crippen LogP contribution < -0.4 is 5.56 Å². The Kier molecular flexibility index (Phi) is 6.36. The van der Waals surface area contributed by atoms with Gasteiger partial charge in [-0.3, -0.25) is 14.3 Å². The highest BCUT2D eigenvalue weighted by molar-refractivity contribution is 7.18. The molecule has 0 aliphatic carbocycles. The van der Waals surface area contributed by atoms with Crippen LogP contribution in [0.5, 0.6) is 0 Å². The van der Waals surface area contributed by atoms with Gasteiger partial charge >= 0.3 is 5.97 Å². The summed E-state index contributed by atoms with van der Waals surface area (Å²) in [5.74, 6) is 5.46. The molecule has 37 heavy (non-hydrogen) atoms. The first-order chi connectivity index (χ1) is 17.8. The van der Waals surface area contributed by atoms with Crippen molar-refractivity contribution in [2.75, 3.05) is 0 Å². The number of hydrogen-bond acceptors (Lipinski definition) is 7. The summed E-state index contributed by atoms with van der Waals surface area (Å²) >= 11 is 13.6. The summed E-state index contributed by atoms with van der Waals surface area (Å²) in [6, 6.07) is 8.92. The summed E-state index contributed by atoms with van der Waals surface area (Å²) in [7, 11) is 0. The van der Waals surface area contributed by atoms with Crippen LogP contribution in [0.2, 0.25) is 10.2 Å². The van der Waals surface area contributed by atoms with E-state index < -0.39 is 11.5 Å². The molecule has 0 aliphatic heterocycles. The summed E-state index contributed by atoms with van der Waals surface area (Å²) in [5.41, 5.74) is 2.41. The molecule has 0 atom stereocenters. The smallest absolute Gasteiger partial charge is 0.338 e. The van der Waals surface area contributed by atoms with E-state index in [1.54, 1.807) is 42.8 Å². The van der Waals surface area contributed by atoms with Crippen LogP contribution in [0, 0.1) is 30.1 Å². The van der Waals surface area contributed by atoms with Crippen molar-refractivity contribution < 1.29 is 9.90 Å². The summed E-state index contributed by atoms with van der Waals surface area (Å²) in [6.45, 7) is 1.68. The van der Waals surface area contributed by atoms with Gasteiger partial charge in [0.25, 0.3) is 5.56 Å². The minimum Gasteiger partial charge on any atom is -0.478 e. The molecule has 0 amide bonds. The number of hydrogen-bond donors (Lipinski definition) is 1. The third-order valence-corrected chi connectivity index (χ3v) is 7.20. The van der Waals surface area contributed by atoms with E-state index in [4.69, 9.17) is 23.2 Å². The van der Waals surface area contributed by atoms with Crippen molar-refractivity contribution in [1.29, 1.82) is 5.26 Å². The van der Waals surface area contributed by atoms with E-state index in [2.05, 4.69) is 26.8 Å². The van der Waals surface area contributed by atoms with Gasteiger partial charge in [0.1, 0.15) is 22.6 Å². The number of aryl methyl sites for hydroxylation is 1. The predicted molar refractivity (Wildman–Crippen MR) is 142 cm³/mol. The van der Waals surface area contributed by atoms with Crippen LogP contribution in [0.1, 0.15) is 27.3 Å². The number of nitrogens with zero attached hydrogens (tertiary/aromatic N) is 5. The van der Waals surface area contributed by atoms with Gasteiger partial charge in [-0.15, -0.1) is 11.3 Å². The predicted octanol–water partition coefficient (Wildman–Crippen LogP) is 5.31. The fourth-order valence-corrected chi connectivity index (χ4v) is 5.33. The van der Waals surface area contributed by atoms with E-state index >= 15 is 0 Å². The van der Waals surface area contributed by atoms with E-state index in [1.807, 2.05) is 6.07 Å². The largest absolute Gasteiger partial charge is 0.478 e. The fraction of sp³-hybridized carbons (Fsp3) is 0.0769. The topological polar surface area (TPSA) is 122 Å². The number of carbonyl (C=O) groups is 1. The average molecular weight is 546 g/mol. The molecule has 8 nitrogen and oxygen atoms in total. The Morgan fingerprint density at radius 3 is 2.78 bits per heavy atom. The number of aromatic carboxylic acids is 1. The van der Waals surface area contributed by atoms with Gasteiger partial charge in [-0.2, -0.15) is 5.26 Å². The van der Waals surface area contributed by atoms with Gasteiger partial charge in [-0.05, 0) is 31.2 Å². The Balaban J connectivity index is 1.60. The Morgan fingerprint density at radius 2 is 2.03 bits per heavy atom. The zero-order chi connectivity index (χ0) is 26.3. The zero-order valence-corrected chi connectivity index (χ0v) is 21.2. The summed E-state index contributed by atoms with van der Waals surface area (Å²) in [4.78, 5) is 37.3. The van der Waals surface area contributed by atoms with Crippen LogP contribution in [-0.2, 0) is 6.54 Å². The van der Waals surface area contributed by atoms with Crippen LogP contribution >= 0.6 is 34.5 Å². The molecule has 0 spiro atoms. The first-order valence-electron chi connectivity index (χ1n) is 10.6. The Hall–Kier alpha value is -4.28. The maximum absolute atomic E-state index is 13.2. The highest BCUT2D eigenvalue weighted by Crippen LogP contribution is 2.36. The molecule has 4 heterocycles. The fourth-order valence-electron chi connectivity index (χ4n) is 3.94. The number of halogens is 2. The number of pyridine rings is 2. The minimum absolute atomic E-state index is 0.00834.